The Morgan fingerprint density at radius 1 is 1.67 bits per heavy atom. The van der Waals surface area contributed by atoms with Gasteiger partial charge in [0.1, 0.15) is 5.15 Å². The highest BCUT2D eigenvalue weighted by atomic mass is 35.5. The van der Waals surface area contributed by atoms with Gasteiger partial charge in [-0.05, 0) is 0 Å². The fourth-order valence-electron chi connectivity index (χ4n) is 0.538. The quantitative estimate of drug-likeness (QED) is 0.743. The predicted molar refractivity (Wildman–Crippen MR) is 44.6 cm³/mol. The minimum atomic E-state index is -0.642. The van der Waals surface area contributed by atoms with Crippen molar-refractivity contribution in [2.45, 2.75) is 0 Å². The van der Waals surface area contributed by atoms with Crippen molar-refractivity contribution in [2.24, 2.45) is 0 Å². The summed E-state index contributed by atoms with van der Waals surface area (Å²) in [6.07, 6.45) is -0.642. The number of anilines is 1. The van der Waals surface area contributed by atoms with E-state index in [4.69, 9.17) is 23.2 Å². The first-order valence-electron chi connectivity index (χ1n) is 2.89. The number of carbonyl (C=O) groups excluding carboxylic acids is 1. The third-order valence-corrected chi connectivity index (χ3v) is 1.67. The van der Waals surface area contributed by atoms with Gasteiger partial charge >= 0.3 is 6.09 Å². The van der Waals surface area contributed by atoms with Gasteiger partial charge in [0, 0.05) is 0 Å². The van der Waals surface area contributed by atoms with Crippen molar-refractivity contribution in [3.05, 3.63) is 10.3 Å². The first-order valence-corrected chi connectivity index (χ1v) is 3.65. The molecular formula is C5H5Cl2N3O2. The van der Waals surface area contributed by atoms with Crippen LogP contribution < -0.4 is 5.32 Å². The number of nitrogens with zero attached hydrogens (tertiary/aromatic N) is 1. The van der Waals surface area contributed by atoms with Gasteiger partial charge in [-0.2, -0.15) is 4.98 Å². The molecule has 12 heavy (non-hydrogen) atoms. The lowest BCUT2D eigenvalue weighted by Gasteiger charge is -1.96. The Morgan fingerprint density at radius 3 is 2.75 bits per heavy atom. The van der Waals surface area contributed by atoms with Crippen LogP contribution in [0.25, 0.3) is 0 Å². The van der Waals surface area contributed by atoms with Crippen molar-refractivity contribution in [3.63, 3.8) is 0 Å². The van der Waals surface area contributed by atoms with Crippen LogP contribution in [0.15, 0.2) is 0 Å². The Morgan fingerprint density at radius 2 is 2.33 bits per heavy atom. The van der Waals surface area contributed by atoms with Gasteiger partial charge in [-0.1, -0.05) is 23.2 Å². The number of halogens is 2. The highest BCUT2D eigenvalue weighted by Gasteiger charge is 2.07. The number of imidazole rings is 1. The van der Waals surface area contributed by atoms with Crippen molar-refractivity contribution in [3.8, 4) is 0 Å². The Labute approximate surface area is 78.0 Å². The van der Waals surface area contributed by atoms with E-state index < -0.39 is 6.09 Å². The number of nitrogens with one attached hydrogen (secondary N) is 2. The molecule has 0 aliphatic rings. The Hall–Kier alpha value is -0.940. The molecule has 1 aromatic heterocycles. The van der Waals surface area contributed by atoms with E-state index >= 15 is 0 Å². The molecule has 0 atom stereocenters. The molecule has 1 amide bonds. The summed E-state index contributed by atoms with van der Waals surface area (Å²) in [7, 11) is 1.24. The maximum atomic E-state index is 10.6. The van der Waals surface area contributed by atoms with Crippen LogP contribution >= 0.6 is 23.2 Å². The maximum absolute atomic E-state index is 10.6. The normalized spacial score (nSPS) is 9.58. The SMILES string of the molecule is COC(=O)Nc1nc(Cl)c(Cl)[nH]1. The number of aromatic nitrogens is 2. The molecule has 1 heterocycles. The van der Waals surface area contributed by atoms with Crippen LogP contribution in [0.4, 0.5) is 10.7 Å². The second-order valence-corrected chi connectivity index (χ2v) is 2.54. The zero-order valence-corrected chi connectivity index (χ0v) is 7.53. The van der Waals surface area contributed by atoms with Crippen molar-refractivity contribution in [1.29, 1.82) is 0 Å². The largest absolute Gasteiger partial charge is 0.453 e. The molecule has 0 bridgehead atoms. The summed E-state index contributed by atoms with van der Waals surface area (Å²) in [5, 5.41) is 2.53. The number of hydrogen-bond donors (Lipinski definition) is 2. The second kappa shape index (κ2) is 3.64. The molecule has 5 nitrogen and oxygen atoms in total. The minimum Gasteiger partial charge on any atom is -0.453 e. The Balaban J connectivity index is 2.70. The number of methoxy groups -OCH3 is 1. The van der Waals surface area contributed by atoms with Gasteiger partial charge in [-0.3, -0.25) is 5.32 Å². The topological polar surface area (TPSA) is 67.0 Å². The molecule has 2 N–H and O–H groups in total. The molecule has 66 valence electrons. The number of amides is 1. The standard InChI is InChI=1S/C5H5Cl2N3O2/c1-12-5(11)10-4-8-2(6)3(7)9-4/h1H3,(H2,8,9,10,11). The zero-order chi connectivity index (χ0) is 9.14. The van der Waals surface area contributed by atoms with Crippen LogP contribution in [0.3, 0.4) is 0 Å². The number of ether oxygens (including phenoxy) is 1. The van der Waals surface area contributed by atoms with Crippen LogP contribution in [-0.4, -0.2) is 23.2 Å². The van der Waals surface area contributed by atoms with Gasteiger partial charge in [0.25, 0.3) is 0 Å². The summed E-state index contributed by atoms with van der Waals surface area (Å²) in [5.74, 6) is 0.150. The van der Waals surface area contributed by atoms with E-state index in [1.807, 2.05) is 0 Å². The molecule has 1 aromatic rings. The highest BCUT2D eigenvalue weighted by Crippen LogP contribution is 2.19. The van der Waals surface area contributed by atoms with E-state index in [2.05, 4.69) is 20.0 Å². The summed E-state index contributed by atoms with van der Waals surface area (Å²) in [6, 6.07) is 0. The van der Waals surface area contributed by atoms with Gasteiger partial charge in [-0.25, -0.2) is 4.79 Å². The van der Waals surface area contributed by atoms with Crippen LogP contribution in [0.2, 0.25) is 10.3 Å². The molecule has 1 rings (SSSR count). The predicted octanol–water partition coefficient (Wildman–Crippen LogP) is 1.89. The molecular weight excluding hydrogens is 205 g/mol. The lowest BCUT2D eigenvalue weighted by molar-refractivity contribution is 0.186. The summed E-state index contributed by atoms with van der Waals surface area (Å²) in [6.45, 7) is 0. The zero-order valence-electron chi connectivity index (χ0n) is 6.02. The number of rotatable bonds is 1. The lowest BCUT2D eigenvalue weighted by atomic mass is 10.9. The van der Waals surface area contributed by atoms with Gasteiger partial charge < -0.3 is 9.72 Å². The molecule has 0 unspecified atom stereocenters. The van der Waals surface area contributed by atoms with Gasteiger partial charge in [-0.15, -0.1) is 0 Å². The molecule has 0 aliphatic heterocycles. The van der Waals surface area contributed by atoms with Crippen molar-refractivity contribution < 1.29 is 9.53 Å². The highest BCUT2D eigenvalue weighted by molar-refractivity contribution is 6.40. The monoisotopic (exact) mass is 209 g/mol. The molecule has 0 saturated carbocycles. The van der Waals surface area contributed by atoms with Gasteiger partial charge in [0.15, 0.2) is 5.15 Å². The first-order chi connectivity index (χ1) is 5.63. The molecule has 0 aliphatic carbocycles. The molecule has 0 spiro atoms. The number of H-pyrrole nitrogens is 1. The Kier molecular flexibility index (Phi) is 2.78. The van der Waals surface area contributed by atoms with Crippen molar-refractivity contribution in [2.75, 3.05) is 12.4 Å². The number of carbonyl (C=O) groups is 1. The third-order valence-electron chi connectivity index (χ3n) is 1.03. The van der Waals surface area contributed by atoms with E-state index in [0.29, 0.717) is 0 Å². The second-order valence-electron chi connectivity index (χ2n) is 1.81. The average Bonchev–Trinajstić information content (AvgIpc) is 2.31. The lowest BCUT2D eigenvalue weighted by Crippen LogP contribution is -2.11. The van der Waals surface area contributed by atoms with E-state index in [0.717, 1.165) is 0 Å². The molecule has 0 radical (unpaired) electrons. The minimum absolute atomic E-state index is 0.100. The van der Waals surface area contributed by atoms with E-state index in [1.165, 1.54) is 7.11 Å². The number of hydrogen-bond acceptors (Lipinski definition) is 3. The summed E-state index contributed by atoms with van der Waals surface area (Å²) in [4.78, 5) is 16.8. The van der Waals surface area contributed by atoms with E-state index in [-0.39, 0.29) is 16.3 Å². The van der Waals surface area contributed by atoms with Crippen LogP contribution in [-0.2, 0) is 4.74 Å². The van der Waals surface area contributed by atoms with E-state index in [9.17, 15) is 4.79 Å². The van der Waals surface area contributed by atoms with Gasteiger partial charge in [0.05, 0.1) is 7.11 Å². The fraction of sp³-hybridized carbons (Fsp3) is 0.200. The Bertz CT molecular complexity index is 279. The third kappa shape index (κ3) is 2.02. The first kappa shape index (κ1) is 9.15. The summed E-state index contributed by atoms with van der Waals surface area (Å²) < 4.78 is 4.31. The van der Waals surface area contributed by atoms with Crippen LogP contribution in [0.1, 0.15) is 0 Å². The fourth-order valence-corrected chi connectivity index (χ4v) is 0.801. The van der Waals surface area contributed by atoms with Crippen molar-refractivity contribution >= 4 is 35.2 Å². The number of aromatic amines is 1. The molecule has 0 fully saturated rings. The van der Waals surface area contributed by atoms with Crippen molar-refractivity contribution in [1.82, 2.24) is 9.97 Å². The summed E-state index contributed by atoms with van der Waals surface area (Å²) >= 11 is 11.0. The van der Waals surface area contributed by atoms with Crippen LogP contribution in [0.5, 0.6) is 0 Å². The van der Waals surface area contributed by atoms with E-state index in [1.54, 1.807) is 0 Å². The average molecular weight is 210 g/mol. The summed E-state index contributed by atoms with van der Waals surface area (Å²) in [5.41, 5.74) is 0. The molecule has 0 saturated heterocycles. The van der Waals surface area contributed by atoms with Gasteiger partial charge in [0.2, 0.25) is 5.95 Å². The molecule has 7 heteroatoms. The maximum Gasteiger partial charge on any atom is 0.413 e. The molecule has 0 aromatic carbocycles. The van der Waals surface area contributed by atoms with Crippen LogP contribution in [0, 0.1) is 0 Å². The smallest absolute Gasteiger partial charge is 0.413 e.